The summed E-state index contributed by atoms with van der Waals surface area (Å²) in [6.07, 6.45) is 0.544. The highest BCUT2D eigenvalue weighted by Gasteiger charge is 2.09. The molecule has 0 saturated carbocycles. The lowest BCUT2D eigenvalue weighted by Crippen LogP contribution is -2.11. The lowest BCUT2D eigenvalue weighted by molar-refractivity contribution is -0.143. The Kier molecular flexibility index (Phi) is 5.70. The fourth-order valence-corrected chi connectivity index (χ4v) is 1.69. The summed E-state index contributed by atoms with van der Waals surface area (Å²) in [5.41, 5.74) is 0. The first-order valence-corrected chi connectivity index (χ1v) is 6.20. The minimum atomic E-state index is -2.94. The fraction of sp³-hybridized carbons (Fsp3) is 0.875. The molecule has 0 saturated heterocycles. The molecule has 0 aliphatic heterocycles. The molecule has 4 nitrogen and oxygen atoms in total. The van der Waals surface area contributed by atoms with E-state index in [2.05, 4.69) is 4.74 Å². The van der Waals surface area contributed by atoms with Crippen LogP contribution in [0, 0.1) is 0 Å². The molecule has 0 N–H and O–H groups in total. The maximum absolute atomic E-state index is 11.0. The van der Waals surface area contributed by atoms with E-state index in [9.17, 15) is 13.2 Å². The SMILES string of the molecule is CCOC(=O)CCCS(=O)(=O)CC. The summed E-state index contributed by atoms with van der Waals surface area (Å²) in [4.78, 5) is 10.8. The van der Waals surface area contributed by atoms with Crippen LogP contribution in [0.15, 0.2) is 0 Å². The number of carbonyl (C=O) groups is 1. The molecule has 0 spiro atoms. The van der Waals surface area contributed by atoms with Crippen LogP contribution in [0.1, 0.15) is 26.7 Å². The summed E-state index contributed by atoms with van der Waals surface area (Å²) in [6.45, 7) is 3.67. The number of ether oxygens (including phenoxy) is 1. The van der Waals surface area contributed by atoms with Crippen LogP contribution in [-0.4, -0.2) is 32.5 Å². The molecule has 5 heteroatoms. The molecule has 0 aromatic rings. The molecule has 0 bridgehead atoms. The molecule has 13 heavy (non-hydrogen) atoms. The zero-order valence-electron chi connectivity index (χ0n) is 8.08. The standard InChI is InChI=1S/C8H16O4S/c1-3-12-8(9)6-5-7-13(10,11)4-2/h3-7H2,1-2H3. The molecule has 0 aliphatic carbocycles. The molecule has 0 fully saturated rings. The van der Waals surface area contributed by atoms with Crippen molar-refractivity contribution in [2.24, 2.45) is 0 Å². The van der Waals surface area contributed by atoms with Crippen LogP contribution in [0.3, 0.4) is 0 Å². The van der Waals surface area contributed by atoms with Crippen molar-refractivity contribution in [3.63, 3.8) is 0 Å². The van der Waals surface area contributed by atoms with E-state index in [0.29, 0.717) is 13.0 Å². The third kappa shape index (κ3) is 6.57. The normalized spacial score (nSPS) is 11.2. The number of sulfone groups is 1. The summed E-state index contributed by atoms with van der Waals surface area (Å²) in [5, 5.41) is 0. The van der Waals surface area contributed by atoms with E-state index < -0.39 is 9.84 Å². The molecule has 78 valence electrons. The van der Waals surface area contributed by atoms with Gasteiger partial charge in [-0.25, -0.2) is 8.42 Å². The minimum absolute atomic E-state index is 0.0717. The van der Waals surface area contributed by atoms with E-state index in [1.54, 1.807) is 13.8 Å². The van der Waals surface area contributed by atoms with Gasteiger partial charge in [-0.2, -0.15) is 0 Å². The van der Waals surface area contributed by atoms with Gasteiger partial charge in [0.2, 0.25) is 0 Å². The summed E-state index contributed by atoms with van der Waals surface area (Å²) in [5.74, 6) is -0.119. The van der Waals surface area contributed by atoms with Gasteiger partial charge in [0, 0.05) is 12.2 Å². The maximum Gasteiger partial charge on any atom is 0.305 e. The predicted molar refractivity (Wildman–Crippen MR) is 50.2 cm³/mol. The van der Waals surface area contributed by atoms with Gasteiger partial charge in [-0.3, -0.25) is 4.79 Å². The molecule has 0 radical (unpaired) electrons. The minimum Gasteiger partial charge on any atom is -0.466 e. The van der Waals surface area contributed by atoms with Crippen LogP contribution < -0.4 is 0 Å². The second-order valence-electron chi connectivity index (χ2n) is 2.64. The Balaban J connectivity index is 3.62. The molecule has 0 aromatic heterocycles. The second kappa shape index (κ2) is 5.96. The van der Waals surface area contributed by atoms with E-state index in [4.69, 9.17) is 0 Å². The second-order valence-corrected chi connectivity index (χ2v) is 5.12. The third-order valence-electron chi connectivity index (χ3n) is 1.58. The fourth-order valence-electron chi connectivity index (χ4n) is 0.814. The number of esters is 1. The van der Waals surface area contributed by atoms with Gasteiger partial charge < -0.3 is 4.74 Å². The predicted octanol–water partition coefficient (Wildman–Crippen LogP) is 0.764. The summed E-state index contributed by atoms with van der Waals surface area (Å²) in [6, 6.07) is 0. The highest BCUT2D eigenvalue weighted by molar-refractivity contribution is 7.91. The summed E-state index contributed by atoms with van der Waals surface area (Å²) < 4.78 is 26.6. The van der Waals surface area contributed by atoms with Crippen molar-refractivity contribution < 1.29 is 17.9 Å². The van der Waals surface area contributed by atoms with Crippen molar-refractivity contribution in [3.8, 4) is 0 Å². The van der Waals surface area contributed by atoms with E-state index in [-0.39, 0.29) is 23.9 Å². The van der Waals surface area contributed by atoms with E-state index in [1.807, 2.05) is 0 Å². The van der Waals surface area contributed by atoms with Gasteiger partial charge in [0.05, 0.1) is 12.4 Å². The number of rotatable bonds is 6. The topological polar surface area (TPSA) is 60.4 Å². The first kappa shape index (κ1) is 12.4. The zero-order valence-corrected chi connectivity index (χ0v) is 8.89. The van der Waals surface area contributed by atoms with Crippen LogP contribution in [-0.2, 0) is 19.4 Å². The van der Waals surface area contributed by atoms with Crippen molar-refractivity contribution in [1.29, 1.82) is 0 Å². The highest BCUT2D eigenvalue weighted by Crippen LogP contribution is 1.98. The molecule has 0 amide bonds. The third-order valence-corrected chi connectivity index (χ3v) is 3.37. The molecular weight excluding hydrogens is 192 g/mol. The number of hydrogen-bond donors (Lipinski definition) is 0. The van der Waals surface area contributed by atoms with Crippen LogP contribution >= 0.6 is 0 Å². The van der Waals surface area contributed by atoms with Crippen LogP contribution in [0.5, 0.6) is 0 Å². The molecule has 0 atom stereocenters. The average Bonchev–Trinajstić information content (AvgIpc) is 2.05. The number of hydrogen-bond acceptors (Lipinski definition) is 4. The average molecular weight is 208 g/mol. The Bertz CT molecular complexity index is 243. The van der Waals surface area contributed by atoms with Gasteiger partial charge in [-0.15, -0.1) is 0 Å². The monoisotopic (exact) mass is 208 g/mol. The lowest BCUT2D eigenvalue weighted by Gasteiger charge is -2.01. The van der Waals surface area contributed by atoms with Gasteiger partial charge in [0.25, 0.3) is 0 Å². The molecule has 0 unspecified atom stereocenters. The first-order chi connectivity index (χ1) is 6.02. The Morgan fingerprint density at radius 1 is 1.31 bits per heavy atom. The Morgan fingerprint density at radius 3 is 2.38 bits per heavy atom. The molecule has 0 rings (SSSR count). The van der Waals surface area contributed by atoms with Gasteiger partial charge in [-0.1, -0.05) is 6.92 Å². The van der Waals surface area contributed by atoms with Crippen LogP contribution in [0.25, 0.3) is 0 Å². The molecular formula is C8H16O4S. The Hall–Kier alpha value is -0.580. The van der Waals surface area contributed by atoms with Gasteiger partial charge >= 0.3 is 5.97 Å². The summed E-state index contributed by atoms with van der Waals surface area (Å²) >= 11 is 0. The van der Waals surface area contributed by atoms with Crippen molar-refractivity contribution in [1.82, 2.24) is 0 Å². The molecule has 0 aliphatic rings. The number of carbonyl (C=O) groups excluding carboxylic acids is 1. The molecule has 0 aromatic carbocycles. The lowest BCUT2D eigenvalue weighted by atomic mass is 10.3. The van der Waals surface area contributed by atoms with Crippen molar-refractivity contribution in [2.75, 3.05) is 18.1 Å². The molecule has 0 heterocycles. The first-order valence-electron chi connectivity index (χ1n) is 4.38. The van der Waals surface area contributed by atoms with E-state index in [0.717, 1.165) is 0 Å². The quantitative estimate of drug-likeness (QED) is 0.605. The van der Waals surface area contributed by atoms with Crippen molar-refractivity contribution >= 4 is 15.8 Å². The van der Waals surface area contributed by atoms with Gasteiger partial charge in [0.15, 0.2) is 0 Å². The zero-order chi connectivity index (χ0) is 10.3. The largest absolute Gasteiger partial charge is 0.466 e. The van der Waals surface area contributed by atoms with Crippen LogP contribution in [0.2, 0.25) is 0 Å². The van der Waals surface area contributed by atoms with Crippen molar-refractivity contribution in [3.05, 3.63) is 0 Å². The van der Waals surface area contributed by atoms with E-state index in [1.165, 1.54) is 0 Å². The van der Waals surface area contributed by atoms with Crippen LogP contribution in [0.4, 0.5) is 0 Å². The summed E-state index contributed by atoms with van der Waals surface area (Å²) in [7, 11) is -2.94. The smallest absolute Gasteiger partial charge is 0.305 e. The maximum atomic E-state index is 11.0. The van der Waals surface area contributed by atoms with Crippen molar-refractivity contribution in [2.45, 2.75) is 26.7 Å². The van der Waals surface area contributed by atoms with Gasteiger partial charge in [-0.05, 0) is 13.3 Å². The van der Waals surface area contributed by atoms with Gasteiger partial charge in [0.1, 0.15) is 9.84 Å². The Morgan fingerprint density at radius 2 is 1.92 bits per heavy atom. The highest BCUT2D eigenvalue weighted by atomic mass is 32.2. The Labute approximate surface area is 79.2 Å². The van der Waals surface area contributed by atoms with E-state index >= 15 is 0 Å².